The predicted octanol–water partition coefficient (Wildman–Crippen LogP) is 4.05. The van der Waals surface area contributed by atoms with Gasteiger partial charge in [-0.3, -0.25) is 4.99 Å². The maximum atomic E-state index is 13.3. The number of aliphatic imine (C=N–C) groups is 1. The Bertz CT molecular complexity index is 1010. The van der Waals surface area contributed by atoms with Gasteiger partial charge in [-0.25, -0.2) is 13.7 Å². The van der Waals surface area contributed by atoms with Crippen LogP contribution in [0.4, 0.5) is 10.1 Å². The fraction of sp³-hybridized carbons (Fsp3) is 0.435. The molecule has 1 atom stereocenters. The van der Waals surface area contributed by atoms with E-state index in [4.69, 9.17) is 10.5 Å². The Morgan fingerprint density at radius 1 is 1.52 bits per heavy atom. The maximum absolute atomic E-state index is 13.3. The summed E-state index contributed by atoms with van der Waals surface area (Å²) >= 11 is 0. The second-order valence-electron chi connectivity index (χ2n) is 7.55. The summed E-state index contributed by atoms with van der Waals surface area (Å²) in [6, 6.07) is 3.97. The molecule has 1 aliphatic rings. The standard InChI is InChI=1S/C23H30FN5O2/c1-4-31-23(30)19-15-27-29-12-9-18(13-22(19)29)28-11-6-8-21(28)17(3)20(7-5-10-25)26-14-16(2)24/h9,12-15,21H,3-8,10-11,25H2,1-2H3/b16-14+,26-20-/t21-/m1/s1. The van der Waals surface area contributed by atoms with Gasteiger partial charge in [-0.15, -0.1) is 0 Å². The van der Waals surface area contributed by atoms with Gasteiger partial charge in [0.1, 0.15) is 11.4 Å². The number of nitrogens with two attached hydrogens (primary N) is 1. The molecule has 0 unspecified atom stereocenters. The molecule has 0 radical (unpaired) electrons. The van der Waals surface area contributed by atoms with Crippen molar-refractivity contribution >= 4 is 22.9 Å². The van der Waals surface area contributed by atoms with E-state index in [-0.39, 0.29) is 17.8 Å². The zero-order valence-electron chi connectivity index (χ0n) is 18.2. The van der Waals surface area contributed by atoms with Crippen molar-refractivity contribution in [1.82, 2.24) is 9.61 Å². The first kappa shape index (κ1) is 22.7. The molecule has 31 heavy (non-hydrogen) atoms. The topological polar surface area (TPSA) is 85.2 Å². The minimum Gasteiger partial charge on any atom is -0.462 e. The molecule has 2 aromatic rings. The van der Waals surface area contributed by atoms with E-state index in [2.05, 4.69) is 21.6 Å². The number of pyridine rings is 1. The number of nitrogens with zero attached hydrogens (tertiary/aromatic N) is 4. The van der Waals surface area contributed by atoms with E-state index in [0.717, 1.165) is 42.8 Å². The van der Waals surface area contributed by atoms with Crippen molar-refractivity contribution in [2.45, 2.75) is 45.6 Å². The normalized spacial score (nSPS) is 17.4. The van der Waals surface area contributed by atoms with Crippen molar-refractivity contribution in [3.8, 4) is 0 Å². The van der Waals surface area contributed by atoms with Gasteiger partial charge >= 0.3 is 5.97 Å². The van der Waals surface area contributed by atoms with Crippen LogP contribution < -0.4 is 10.6 Å². The maximum Gasteiger partial charge on any atom is 0.341 e. The van der Waals surface area contributed by atoms with Gasteiger partial charge in [0.05, 0.1) is 30.6 Å². The van der Waals surface area contributed by atoms with E-state index in [0.29, 0.717) is 30.7 Å². The monoisotopic (exact) mass is 427 g/mol. The number of allylic oxidation sites excluding steroid dienone is 1. The molecule has 0 saturated carbocycles. The molecule has 0 amide bonds. The highest BCUT2D eigenvalue weighted by Crippen LogP contribution is 2.31. The molecule has 0 aliphatic carbocycles. The zero-order valence-corrected chi connectivity index (χ0v) is 18.2. The number of carbonyl (C=O) groups excluding carboxylic acids is 1. The van der Waals surface area contributed by atoms with E-state index in [1.165, 1.54) is 19.3 Å². The summed E-state index contributed by atoms with van der Waals surface area (Å²) in [6.07, 6.45) is 7.94. The Morgan fingerprint density at radius 2 is 2.32 bits per heavy atom. The lowest BCUT2D eigenvalue weighted by Crippen LogP contribution is -2.33. The van der Waals surface area contributed by atoms with Crippen LogP contribution in [0.3, 0.4) is 0 Å². The molecule has 3 heterocycles. The second-order valence-corrected chi connectivity index (χ2v) is 7.55. The van der Waals surface area contributed by atoms with Crippen molar-refractivity contribution in [3.63, 3.8) is 0 Å². The summed E-state index contributed by atoms with van der Waals surface area (Å²) in [5.74, 6) is -0.736. The average molecular weight is 428 g/mol. The van der Waals surface area contributed by atoms with Gasteiger partial charge in [-0.1, -0.05) is 6.58 Å². The fourth-order valence-corrected chi connectivity index (χ4v) is 3.89. The molecular formula is C23H30FN5O2. The van der Waals surface area contributed by atoms with Gasteiger partial charge in [-0.05, 0) is 63.8 Å². The van der Waals surface area contributed by atoms with Crippen LogP contribution in [-0.2, 0) is 4.74 Å². The molecule has 7 nitrogen and oxygen atoms in total. The predicted molar refractivity (Wildman–Crippen MR) is 121 cm³/mol. The first-order chi connectivity index (χ1) is 15.0. The first-order valence-electron chi connectivity index (χ1n) is 10.7. The SMILES string of the molecule is C=C(/C(CCCN)=N\C=C(/C)F)[C@H]1CCCN1c1ccn2ncc(C(=O)OCC)c2c1. The third-order valence-electron chi connectivity index (χ3n) is 5.37. The molecule has 8 heteroatoms. The number of halogens is 1. The minimum absolute atomic E-state index is 0.0428. The molecule has 0 spiro atoms. The number of fused-ring (bicyclic) bond motifs is 1. The van der Waals surface area contributed by atoms with Crippen molar-refractivity contribution < 1.29 is 13.9 Å². The third-order valence-corrected chi connectivity index (χ3v) is 5.37. The van der Waals surface area contributed by atoms with Crippen LogP contribution >= 0.6 is 0 Å². The van der Waals surface area contributed by atoms with Gasteiger partial charge in [-0.2, -0.15) is 5.10 Å². The van der Waals surface area contributed by atoms with Crippen LogP contribution in [-0.4, -0.2) is 47.0 Å². The number of esters is 1. The lowest BCUT2D eigenvalue weighted by atomic mass is 9.97. The lowest BCUT2D eigenvalue weighted by molar-refractivity contribution is 0.0528. The molecule has 0 bridgehead atoms. The Labute approximate surface area is 182 Å². The number of ether oxygens (including phenoxy) is 1. The summed E-state index contributed by atoms with van der Waals surface area (Å²) in [5.41, 5.74) is 9.43. The number of hydrogen-bond acceptors (Lipinski definition) is 6. The Morgan fingerprint density at radius 3 is 3.03 bits per heavy atom. The molecule has 1 saturated heterocycles. The van der Waals surface area contributed by atoms with E-state index in [1.807, 2.05) is 18.3 Å². The number of anilines is 1. The summed E-state index contributed by atoms with van der Waals surface area (Å²) in [7, 11) is 0. The van der Waals surface area contributed by atoms with E-state index >= 15 is 0 Å². The van der Waals surface area contributed by atoms with Gasteiger partial charge < -0.3 is 15.4 Å². The molecular weight excluding hydrogens is 397 g/mol. The smallest absolute Gasteiger partial charge is 0.341 e. The summed E-state index contributed by atoms with van der Waals surface area (Å²) in [6.45, 7) is 9.15. The molecule has 0 aromatic carbocycles. The lowest BCUT2D eigenvalue weighted by Gasteiger charge is -2.29. The summed E-state index contributed by atoms with van der Waals surface area (Å²) < 4.78 is 20.1. The molecule has 1 aliphatic heterocycles. The van der Waals surface area contributed by atoms with Crippen LogP contribution in [0, 0.1) is 0 Å². The van der Waals surface area contributed by atoms with Crippen LogP contribution in [0.25, 0.3) is 5.52 Å². The number of hydrogen-bond donors (Lipinski definition) is 1. The molecule has 1 fully saturated rings. The summed E-state index contributed by atoms with van der Waals surface area (Å²) in [4.78, 5) is 18.9. The van der Waals surface area contributed by atoms with Gasteiger partial charge in [0.15, 0.2) is 0 Å². The minimum atomic E-state index is -0.387. The summed E-state index contributed by atoms with van der Waals surface area (Å²) in [5, 5.41) is 4.25. The number of carbonyl (C=O) groups is 1. The zero-order chi connectivity index (χ0) is 22.4. The Balaban J connectivity index is 1.91. The van der Waals surface area contributed by atoms with Gasteiger partial charge in [0.25, 0.3) is 0 Å². The van der Waals surface area contributed by atoms with Gasteiger partial charge in [0, 0.05) is 24.1 Å². The highest BCUT2D eigenvalue weighted by molar-refractivity contribution is 6.02. The highest BCUT2D eigenvalue weighted by Gasteiger charge is 2.29. The van der Waals surface area contributed by atoms with E-state index in [1.54, 1.807) is 11.4 Å². The highest BCUT2D eigenvalue weighted by atomic mass is 19.1. The van der Waals surface area contributed by atoms with Crippen LogP contribution in [0.2, 0.25) is 0 Å². The van der Waals surface area contributed by atoms with Crippen molar-refractivity contribution in [3.05, 3.63) is 54.3 Å². The molecule has 3 rings (SSSR count). The second kappa shape index (κ2) is 10.3. The van der Waals surface area contributed by atoms with Gasteiger partial charge in [0.2, 0.25) is 0 Å². The number of aromatic nitrogens is 2. The third kappa shape index (κ3) is 5.19. The quantitative estimate of drug-likeness (QED) is 0.482. The molecule has 2 aromatic heterocycles. The Hall–Kier alpha value is -3.00. The van der Waals surface area contributed by atoms with Crippen molar-refractivity contribution in [1.29, 1.82) is 0 Å². The molecule has 166 valence electrons. The number of rotatable bonds is 9. The average Bonchev–Trinajstić information content (AvgIpc) is 3.40. The van der Waals surface area contributed by atoms with Crippen LogP contribution in [0.1, 0.15) is 49.9 Å². The van der Waals surface area contributed by atoms with E-state index in [9.17, 15) is 9.18 Å². The van der Waals surface area contributed by atoms with E-state index < -0.39 is 0 Å². The van der Waals surface area contributed by atoms with Crippen LogP contribution in [0.5, 0.6) is 0 Å². The largest absolute Gasteiger partial charge is 0.462 e. The molecule has 2 N–H and O–H groups in total. The first-order valence-corrected chi connectivity index (χ1v) is 10.7. The van der Waals surface area contributed by atoms with Crippen molar-refractivity contribution in [2.75, 3.05) is 24.6 Å². The van der Waals surface area contributed by atoms with Crippen LogP contribution in [0.15, 0.2) is 53.7 Å². The Kier molecular flexibility index (Phi) is 7.57. The fourth-order valence-electron chi connectivity index (χ4n) is 3.89. The van der Waals surface area contributed by atoms with Crippen molar-refractivity contribution in [2.24, 2.45) is 10.7 Å².